The topological polar surface area (TPSA) is 39.7 Å². The Hall–Kier alpha value is -1.07. The molecule has 1 unspecified atom stereocenters. The number of thioether (sulfide) groups is 1. The lowest BCUT2D eigenvalue weighted by atomic mass is 10.2. The predicted molar refractivity (Wildman–Crippen MR) is 104 cm³/mol. The highest BCUT2D eigenvalue weighted by molar-refractivity contribution is 7.99. The zero-order chi connectivity index (χ0) is 16.9. The van der Waals surface area contributed by atoms with Gasteiger partial charge in [0.1, 0.15) is 0 Å². The number of anilines is 1. The monoisotopic (exact) mass is 354 g/mol. The van der Waals surface area contributed by atoms with Crippen LogP contribution in [0, 0.1) is 0 Å². The highest BCUT2D eigenvalue weighted by Gasteiger charge is 2.24. The molecule has 6 heteroatoms. The van der Waals surface area contributed by atoms with E-state index in [1.165, 1.54) is 5.69 Å². The SMILES string of the molecule is CN=C(NCC(C)(C)SC)NC1CCN(c2cccc(Cl)c2)C1. The molecule has 1 aromatic carbocycles. The molecule has 0 radical (unpaired) electrons. The third-order valence-electron chi connectivity index (χ3n) is 4.16. The number of nitrogens with one attached hydrogen (secondary N) is 2. The molecule has 2 rings (SSSR count). The molecule has 1 fully saturated rings. The summed E-state index contributed by atoms with van der Waals surface area (Å²) in [7, 11) is 1.82. The van der Waals surface area contributed by atoms with E-state index in [0.29, 0.717) is 6.04 Å². The molecule has 1 atom stereocenters. The molecular weight excluding hydrogens is 328 g/mol. The van der Waals surface area contributed by atoms with Gasteiger partial charge in [-0.15, -0.1) is 0 Å². The van der Waals surface area contributed by atoms with Crippen LogP contribution in [-0.2, 0) is 0 Å². The van der Waals surface area contributed by atoms with Crippen LogP contribution in [0.3, 0.4) is 0 Å². The van der Waals surface area contributed by atoms with Gasteiger partial charge in [0, 0.05) is 48.2 Å². The van der Waals surface area contributed by atoms with Crippen LogP contribution < -0.4 is 15.5 Å². The van der Waals surface area contributed by atoms with Crippen molar-refractivity contribution >= 4 is 35.0 Å². The summed E-state index contributed by atoms with van der Waals surface area (Å²) in [5.74, 6) is 0.880. The minimum atomic E-state index is 0.195. The average molecular weight is 355 g/mol. The van der Waals surface area contributed by atoms with Gasteiger partial charge in [0.2, 0.25) is 0 Å². The van der Waals surface area contributed by atoms with Crippen molar-refractivity contribution in [2.45, 2.75) is 31.1 Å². The maximum atomic E-state index is 6.09. The molecule has 1 aliphatic heterocycles. The molecule has 128 valence electrons. The fraction of sp³-hybridized carbons (Fsp3) is 0.588. The molecule has 4 nitrogen and oxygen atoms in total. The van der Waals surface area contributed by atoms with E-state index in [1.807, 2.05) is 37.0 Å². The maximum absolute atomic E-state index is 6.09. The van der Waals surface area contributed by atoms with Crippen molar-refractivity contribution < 1.29 is 0 Å². The Morgan fingerprint density at radius 2 is 2.26 bits per heavy atom. The fourth-order valence-electron chi connectivity index (χ4n) is 2.54. The van der Waals surface area contributed by atoms with E-state index in [2.05, 4.69) is 46.7 Å². The average Bonchev–Trinajstić information content (AvgIpc) is 3.00. The smallest absolute Gasteiger partial charge is 0.191 e. The third kappa shape index (κ3) is 5.50. The number of hydrogen-bond acceptors (Lipinski definition) is 3. The molecule has 1 saturated heterocycles. The summed E-state index contributed by atoms with van der Waals surface area (Å²) in [6.45, 7) is 7.35. The summed E-state index contributed by atoms with van der Waals surface area (Å²) in [5.41, 5.74) is 1.19. The normalized spacial score (nSPS) is 19.1. The molecular formula is C17H27ClN4S. The molecule has 0 aliphatic carbocycles. The summed E-state index contributed by atoms with van der Waals surface area (Å²) in [5, 5.41) is 7.75. The van der Waals surface area contributed by atoms with Gasteiger partial charge in [-0.05, 0) is 44.7 Å². The first kappa shape index (κ1) is 18.3. The van der Waals surface area contributed by atoms with Gasteiger partial charge < -0.3 is 15.5 Å². The van der Waals surface area contributed by atoms with Gasteiger partial charge in [0.15, 0.2) is 5.96 Å². The van der Waals surface area contributed by atoms with Crippen LogP contribution in [0.4, 0.5) is 5.69 Å². The molecule has 2 N–H and O–H groups in total. The van der Waals surface area contributed by atoms with E-state index in [-0.39, 0.29) is 4.75 Å². The van der Waals surface area contributed by atoms with Crippen molar-refractivity contribution in [1.29, 1.82) is 0 Å². The molecule has 0 aromatic heterocycles. The van der Waals surface area contributed by atoms with Gasteiger partial charge >= 0.3 is 0 Å². The van der Waals surface area contributed by atoms with Crippen LogP contribution >= 0.6 is 23.4 Å². The molecule has 1 heterocycles. The number of halogens is 1. The van der Waals surface area contributed by atoms with E-state index in [9.17, 15) is 0 Å². The Morgan fingerprint density at radius 1 is 1.48 bits per heavy atom. The van der Waals surface area contributed by atoms with Crippen LogP contribution in [0.5, 0.6) is 0 Å². The largest absolute Gasteiger partial charge is 0.369 e. The molecule has 0 spiro atoms. The Bertz CT molecular complexity index is 547. The van der Waals surface area contributed by atoms with Gasteiger partial charge in [0.25, 0.3) is 0 Å². The lowest BCUT2D eigenvalue weighted by molar-refractivity contribution is 0.623. The molecule has 0 amide bonds. The van der Waals surface area contributed by atoms with Gasteiger partial charge in [-0.2, -0.15) is 11.8 Å². The Kier molecular flexibility index (Phi) is 6.48. The number of guanidine groups is 1. The zero-order valence-corrected chi connectivity index (χ0v) is 16.0. The van der Waals surface area contributed by atoms with Gasteiger partial charge in [0.05, 0.1) is 0 Å². The quantitative estimate of drug-likeness (QED) is 0.629. The number of hydrogen-bond donors (Lipinski definition) is 2. The Labute approximate surface area is 149 Å². The lowest BCUT2D eigenvalue weighted by Crippen LogP contribution is -2.47. The highest BCUT2D eigenvalue weighted by Crippen LogP contribution is 2.23. The van der Waals surface area contributed by atoms with E-state index in [1.54, 1.807) is 0 Å². The Balaban J connectivity index is 1.86. The molecule has 0 bridgehead atoms. The van der Waals surface area contributed by atoms with Crippen LogP contribution in [-0.4, -0.2) is 49.7 Å². The van der Waals surface area contributed by atoms with Crippen molar-refractivity contribution in [3.63, 3.8) is 0 Å². The summed E-state index contributed by atoms with van der Waals surface area (Å²) >= 11 is 7.95. The van der Waals surface area contributed by atoms with Crippen molar-refractivity contribution in [2.75, 3.05) is 37.8 Å². The van der Waals surface area contributed by atoms with Gasteiger partial charge in [-0.1, -0.05) is 17.7 Å². The standard InChI is InChI=1S/C17H27ClN4S/c1-17(2,23-4)12-20-16(19-3)21-14-8-9-22(11-14)15-7-5-6-13(18)10-15/h5-7,10,14H,8-9,11-12H2,1-4H3,(H2,19,20,21). The number of benzene rings is 1. The van der Waals surface area contributed by atoms with E-state index >= 15 is 0 Å². The molecule has 23 heavy (non-hydrogen) atoms. The van der Waals surface area contributed by atoms with Crippen molar-refractivity contribution in [3.8, 4) is 0 Å². The highest BCUT2D eigenvalue weighted by atomic mass is 35.5. The van der Waals surface area contributed by atoms with Crippen LogP contribution in [0.2, 0.25) is 5.02 Å². The van der Waals surface area contributed by atoms with E-state index < -0.39 is 0 Å². The predicted octanol–water partition coefficient (Wildman–Crippen LogP) is 3.23. The minimum absolute atomic E-state index is 0.195. The summed E-state index contributed by atoms with van der Waals surface area (Å²) in [4.78, 5) is 6.71. The van der Waals surface area contributed by atoms with Crippen LogP contribution in [0.25, 0.3) is 0 Å². The van der Waals surface area contributed by atoms with Crippen molar-refractivity contribution in [2.24, 2.45) is 4.99 Å². The maximum Gasteiger partial charge on any atom is 0.191 e. The van der Waals surface area contributed by atoms with Crippen LogP contribution in [0.15, 0.2) is 29.3 Å². The number of aliphatic imine (C=N–C) groups is 1. The number of rotatable bonds is 5. The summed E-state index contributed by atoms with van der Waals surface area (Å²) < 4.78 is 0.195. The summed E-state index contributed by atoms with van der Waals surface area (Å²) in [6.07, 6.45) is 3.23. The number of nitrogens with zero attached hydrogens (tertiary/aromatic N) is 2. The second kappa shape index (κ2) is 8.15. The van der Waals surface area contributed by atoms with E-state index in [4.69, 9.17) is 11.6 Å². The van der Waals surface area contributed by atoms with E-state index in [0.717, 1.165) is 37.0 Å². The second-order valence-electron chi connectivity index (χ2n) is 6.45. The van der Waals surface area contributed by atoms with Crippen molar-refractivity contribution in [3.05, 3.63) is 29.3 Å². The fourth-order valence-corrected chi connectivity index (χ4v) is 2.94. The first-order chi connectivity index (χ1) is 10.9. The zero-order valence-electron chi connectivity index (χ0n) is 14.4. The van der Waals surface area contributed by atoms with Gasteiger partial charge in [-0.25, -0.2) is 0 Å². The summed E-state index contributed by atoms with van der Waals surface area (Å²) in [6, 6.07) is 8.46. The molecule has 1 aliphatic rings. The first-order valence-electron chi connectivity index (χ1n) is 7.96. The lowest BCUT2D eigenvalue weighted by Gasteiger charge is -2.25. The minimum Gasteiger partial charge on any atom is -0.369 e. The van der Waals surface area contributed by atoms with Crippen molar-refractivity contribution in [1.82, 2.24) is 10.6 Å². The first-order valence-corrected chi connectivity index (χ1v) is 9.56. The third-order valence-corrected chi connectivity index (χ3v) is 5.64. The molecule has 1 aromatic rings. The second-order valence-corrected chi connectivity index (χ2v) is 8.40. The Morgan fingerprint density at radius 3 is 2.91 bits per heavy atom. The van der Waals surface area contributed by atoms with Crippen LogP contribution in [0.1, 0.15) is 20.3 Å². The van der Waals surface area contributed by atoms with Gasteiger partial charge in [-0.3, -0.25) is 4.99 Å². The molecule has 0 saturated carbocycles.